The van der Waals surface area contributed by atoms with Gasteiger partial charge in [0.2, 0.25) is 5.91 Å². The number of aliphatic hydroxyl groups excluding tert-OH is 4. The highest BCUT2D eigenvalue weighted by atomic mass is 16.7. The standard InChI is InChI=1S/C14H23NO11/c1-5(16)12(21)25-4-8(19)10(20)11-9(15-6(2)17)7(18)3-14(24,26-11)13(22)23/h5,7-11,16,18-20,24H,3-4H2,1-2H3,(H,15,17)(H,22,23)/t5-,7-,8+,9+,10+,11+,14+/m0/s1. The fourth-order valence-electron chi connectivity index (χ4n) is 2.41. The largest absolute Gasteiger partial charge is 0.477 e. The Bertz CT molecular complexity index is 539. The van der Waals surface area contributed by atoms with E-state index in [1.165, 1.54) is 0 Å². The van der Waals surface area contributed by atoms with Crippen LogP contribution in [0.25, 0.3) is 0 Å². The lowest BCUT2D eigenvalue weighted by Gasteiger charge is -2.44. The van der Waals surface area contributed by atoms with Crippen molar-refractivity contribution in [1.82, 2.24) is 5.32 Å². The van der Waals surface area contributed by atoms with Gasteiger partial charge in [-0.25, -0.2) is 9.59 Å². The molecule has 26 heavy (non-hydrogen) atoms. The van der Waals surface area contributed by atoms with E-state index in [0.717, 1.165) is 13.8 Å². The Morgan fingerprint density at radius 3 is 2.35 bits per heavy atom. The van der Waals surface area contributed by atoms with Gasteiger partial charge in [-0.05, 0) is 6.92 Å². The molecule has 1 saturated heterocycles. The maximum Gasteiger partial charge on any atom is 0.364 e. The summed E-state index contributed by atoms with van der Waals surface area (Å²) in [5, 5.41) is 60.5. The van der Waals surface area contributed by atoms with Crippen LogP contribution in [0.4, 0.5) is 0 Å². The van der Waals surface area contributed by atoms with E-state index in [0.29, 0.717) is 0 Å². The van der Waals surface area contributed by atoms with Gasteiger partial charge in [0, 0.05) is 13.3 Å². The summed E-state index contributed by atoms with van der Waals surface area (Å²) >= 11 is 0. The lowest BCUT2D eigenvalue weighted by atomic mass is 9.88. The molecular formula is C14H23NO11. The molecule has 0 bridgehead atoms. The fraction of sp³-hybridized carbons (Fsp3) is 0.786. The van der Waals surface area contributed by atoms with Crippen LogP contribution in [-0.2, 0) is 23.9 Å². The number of carboxylic acid groups (broad SMARTS) is 1. The molecule has 12 nitrogen and oxygen atoms in total. The van der Waals surface area contributed by atoms with E-state index in [4.69, 9.17) is 14.9 Å². The molecule has 150 valence electrons. The average molecular weight is 381 g/mol. The first-order chi connectivity index (χ1) is 11.9. The Labute approximate surface area is 148 Å². The average Bonchev–Trinajstić information content (AvgIpc) is 2.53. The van der Waals surface area contributed by atoms with Crippen LogP contribution in [0.1, 0.15) is 20.3 Å². The highest BCUT2D eigenvalue weighted by Crippen LogP contribution is 2.30. The number of carboxylic acids is 1. The summed E-state index contributed by atoms with van der Waals surface area (Å²) in [4.78, 5) is 33.6. The molecule has 0 aliphatic carbocycles. The highest BCUT2D eigenvalue weighted by Gasteiger charge is 2.54. The first kappa shape index (κ1) is 22.2. The van der Waals surface area contributed by atoms with E-state index in [9.17, 15) is 34.8 Å². The van der Waals surface area contributed by atoms with E-state index < -0.39 is 73.2 Å². The monoisotopic (exact) mass is 381 g/mol. The minimum atomic E-state index is -2.87. The molecule has 1 heterocycles. The third-order valence-electron chi connectivity index (χ3n) is 3.76. The summed E-state index contributed by atoms with van der Waals surface area (Å²) in [5.41, 5.74) is 0. The van der Waals surface area contributed by atoms with Gasteiger partial charge in [-0.2, -0.15) is 0 Å². The van der Waals surface area contributed by atoms with Crippen LogP contribution < -0.4 is 5.32 Å². The van der Waals surface area contributed by atoms with Gasteiger partial charge in [-0.1, -0.05) is 0 Å². The van der Waals surface area contributed by atoms with Gasteiger partial charge in [-0.15, -0.1) is 0 Å². The van der Waals surface area contributed by atoms with E-state index >= 15 is 0 Å². The number of hydrogen-bond donors (Lipinski definition) is 7. The fourth-order valence-corrected chi connectivity index (χ4v) is 2.41. The molecule has 0 unspecified atom stereocenters. The third kappa shape index (κ3) is 5.33. The Kier molecular flexibility index (Phi) is 7.44. The van der Waals surface area contributed by atoms with Crippen LogP contribution >= 0.6 is 0 Å². The first-order valence-corrected chi connectivity index (χ1v) is 7.68. The minimum Gasteiger partial charge on any atom is -0.477 e. The summed E-state index contributed by atoms with van der Waals surface area (Å²) in [6.07, 6.45) is -9.44. The van der Waals surface area contributed by atoms with Crippen LogP contribution in [0, 0.1) is 0 Å². The molecule has 1 aliphatic rings. The van der Waals surface area contributed by atoms with Crippen molar-refractivity contribution in [2.45, 2.75) is 62.6 Å². The quantitative estimate of drug-likeness (QED) is 0.212. The molecule has 0 aromatic heterocycles. The number of esters is 1. The van der Waals surface area contributed by atoms with Gasteiger partial charge < -0.3 is 45.4 Å². The van der Waals surface area contributed by atoms with Gasteiger partial charge in [0.15, 0.2) is 0 Å². The van der Waals surface area contributed by atoms with Gasteiger partial charge in [-0.3, -0.25) is 4.79 Å². The summed E-state index contributed by atoms with van der Waals surface area (Å²) in [6.45, 7) is 1.42. The van der Waals surface area contributed by atoms with Crippen molar-refractivity contribution in [2.24, 2.45) is 0 Å². The molecule has 1 amide bonds. The maximum absolute atomic E-state index is 11.3. The molecule has 0 aromatic carbocycles. The number of ether oxygens (including phenoxy) is 2. The zero-order chi connectivity index (χ0) is 20.2. The number of amides is 1. The smallest absolute Gasteiger partial charge is 0.364 e. The Hall–Kier alpha value is -1.83. The zero-order valence-electron chi connectivity index (χ0n) is 14.1. The van der Waals surface area contributed by atoms with Crippen LogP contribution in [0.15, 0.2) is 0 Å². The van der Waals surface area contributed by atoms with Gasteiger partial charge in [0.05, 0.1) is 12.1 Å². The second kappa shape index (κ2) is 8.70. The predicted molar refractivity (Wildman–Crippen MR) is 80.3 cm³/mol. The van der Waals surface area contributed by atoms with Crippen LogP contribution in [0.3, 0.4) is 0 Å². The number of carbonyl (C=O) groups is 3. The molecular weight excluding hydrogens is 358 g/mol. The molecule has 1 aliphatic heterocycles. The van der Waals surface area contributed by atoms with Gasteiger partial charge >= 0.3 is 11.9 Å². The molecule has 0 spiro atoms. The second-order valence-electron chi connectivity index (χ2n) is 6.03. The Morgan fingerprint density at radius 2 is 1.88 bits per heavy atom. The Morgan fingerprint density at radius 1 is 1.31 bits per heavy atom. The molecule has 1 rings (SSSR count). The van der Waals surface area contributed by atoms with E-state index in [-0.39, 0.29) is 0 Å². The summed E-state index contributed by atoms with van der Waals surface area (Å²) in [7, 11) is 0. The molecule has 1 fully saturated rings. The topological polar surface area (TPSA) is 203 Å². The molecule has 12 heteroatoms. The summed E-state index contributed by atoms with van der Waals surface area (Å²) in [5.74, 6) is -6.44. The number of rotatable bonds is 7. The molecule has 0 aromatic rings. The first-order valence-electron chi connectivity index (χ1n) is 7.68. The van der Waals surface area contributed by atoms with E-state index in [2.05, 4.69) is 10.1 Å². The van der Waals surface area contributed by atoms with Crippen molar-refractivity contribution in [2.75, 3.05) is 6.61 Å². The van der Waals surface area contributed by atoms with Crippen LogP contribution in [0.2, 0.25) is 0 Å². The number of aliphatic carboxylic acids is 1. The van der Waals surface area contributed by atoms with E-state index in [1.54, 1.807) is 0 Å². The normalized spacial score (nSPS) is 32.2. The third-order valence-corrected chi connectivity index (χ3v) is 3.76. The van der Waals surface area contributed by atoms with Crippen LogP contribution in [-0.4, -0.2) is 97.4 Å². The van der Waals surface area contributed by atoms with Crippen LogP contribution in [0.5, 0.6) is 0 Å². The zero-order valence-corrected chi connectivity index (χ0v) is 14.1. The summed E-state index contributed by atoms with van der Waals surface area (Å²) < 4.78 is 9.47. The lowest BCUT2D eigenvalue weighted by molar-refractivity contribution is -0.295. The SMILES string of the molecule is CC(=O)N[C@H]1[C@H]([C@H](O)[C@H](O)COC(=O)[C@H](C)O)O[C@@](O)(C(=O)O)C[C@@H]1O. The number of nitrogens with one attached hydrogen (secondary N) is 1. The van der Waals surface area contributed by atoms with Crippen molar-refractivity contribution in [1.29, 1.82) is 0 Å². The molecule has 0 saturated carbocycles. The van der Waals surface area contributed by atoms with Crippen molar-refractivity contribution < 1.29 is 54.5 Å². The van der Waals surface area contributed by atoms with Crippen molar-refractivity contribution in [3.63, 3.8) is 0 Å². The Balaban J connectivity index is 2.97. The summed E-state index contributed by atoms with van der Waals surface area (Å²) in [6, 6.07) is -1.36. The maximum atomic E-state index is 11.3. The van der Waals surface area contributed by atoms with E-state index in [1.807, 2.05) is 0 Å². The number of hydrogen-bond acceptors (Lipinski definition) is 10. The highest BCUT2D eigenvalue weighted by molar-refractivity contribution is 5.76. The molecule has 7 atom stereocenters. The predicted octanol–water partition coefficient (Wildman–Crippen LogP) is -3.94. The number of carbonyl (C=O) groups excluding carboxylic acids is 2. The lowest BCUT2D eigenvalue weighted by Crippen LogP contribution is -2.67. The molecule has 0 radical (unpaired) electrons. The van der Waals surface area contributed by atoms with Gasteiger partial charge in [0.1, 0.15) is 31.0 Å². The molecule has 7 N–H and O–H groups in total. The van der Waals surface area contributed by atoms with Gasteiger partial charge in [0.25, 0.3) is 5.79 Å². The number of aliphatic hydroxyl groups is 5. The van der Waals surface area contributed by atoms with Crippen molar-refractivity contribution in [3.05, 3.63) is 0 Å². The van der Waals surface area contributed by atoms with Crippen molar-refractivity contribution >= 4 is 17.8 Å². The minimum absolute atomic E-state index is 0.648. The second-order valence-corrected chi connectivity index (χ2v) is 6.03. The van der Waals surface area contributed by atoms with Crippen molar-refractivity contribution in [3.8, 4) is 0 Å².